The summed E-state index contributed by atoms with van der Waals surface area (Å²) in [5, 5.41) is 3.40. The average molecular weight is 164 g/mol. The summed E-state index contributed by atoms with van der Waals surface area (Å²) < 4.78 is 0. The summed E-state index contributed by atoms with van der Waals surface area (Å²) in [5.41, 5.74) is 0. The molecule has 1 N–H and O–H groups in total. The van der Waals surface area contributed by atoms with E-state index in [0.29, 0.717) is 6.04 Å². The highest BCUT2D eigenvalue weighted by molar-refractivity contribution is 6.17. The van der Waals surface area contributed by atoms with E-state index in [2.05, 4.69) is 19.2 Å². The van der Waals surface area contributed by atoms with Gasteiger partial charge in [0.25, 0.3) is 0 Å². The number of nitrogens with one attached hydrogen (secondary N) is 1. The summed E-state index contributed by atoms with van der Waals surface area (Å²) in [7, 11) is 0. The van der Waals surface area contributed by atoms with E-state index in [1.165, 1.54) is 12.8 Å². The Morgan fingerprint density at radius 3 is 2.70 bits per heavy atom. The maximum atomic E-state index is 5.52. The van der Waals surface area contributed by atoms with Crippen LogP contribution in [0.1, 0.15) is 33.1 Å². The minimum absolute atomic E-state index is 0.660. The summed E-state index contributed by atoms with van der Waals surface area (Å²) in [5.74, 6) is 0.770. The maximum absolute atomic E-state index is 5.52. The van der Waals surface area contributed by atoms with Crippen LogP contribution in [0, 0.1) is 0 Å². The topological polar surface area (TPSA) is 12.0 Å². The quantitative estimate of drug-likeness (QED) is 0.469. The molecule has 0 radical (unpaired) electrons. The van der Waals surface area contributed by atoms with Crippen LogP contribution < -0.4 is 5.32 Å². The van der Waals surface area contributed by atoms with Gasteiger partial charge in [-0.1, -0.05) is 13.3 Å². The van der Waals surface area contributed by atoms with Crippen LogP contribution in [0.4, 0.5) is 0 Å². The van der Waals surface area contributed by atoms with Gasteiger partial charge in [-0.25, -0.2) is 0 Å². The molecule has 62 valence electrons. The molecule has 0 spiro atoms. The van der Waals surface area contributed by atoms with Gasteiger partial charge in [0.05, 0.1) is 0 Å². The van der Waals surface area contributed by atoms with Crippen LogP contribution >= 0.6 is 11.6 Å². The van der Waals surface area contributed by atoms with Crippen LogP contribution in [0.3, 0.4) is 0 Å². The van der Waals surface area contributed by atoms with Crippen LogP contribution in [0.15, 0.2) is 0 Å². The first-order valence-electron chi connectivity index (χ1n) is 4.10. The van der Waals surface area contributed by atoms with Gasteiger partial charge < -0.3 is 5.32 Å². The molecule has 1 atom stereocenters. The molecule has 0 bridgehead atoms. The largest absolute Gasteiger partial charge is 0.314 e. The fourth-order valence-corrected chi connectivity index (χ4v) is 1.08. The second-order valence-electron chi connectivity index (χ2n) is 2.69. The summed E-state index contributed by atoms with van der Waals surface area (Å²) >= 11 is 5.52. The first kappa shape index (κ1) is 10.2. The zero-order chi connectivity index (χ0) is 7.82. The van der Waals surface area contributed by atoms with E-state index in [0.717, 1.165) is 18.8 Å². The van der Waals surface area contributed by atoms with Crippen molar-refractivity contribution in [2.45, 2.75) is 39.2 Å². The lowest BCUT2D eigenvalue weighted by molar-refractivity contribution is 0.509. The highest BCUT2D eigenvalue weighted by Crippen LogP contribution is 1.94. The van der Waals surface area contributed by atoms with E-state index in [9.17, 15) is 0 Å². The molecule has 0 heterocycles. The van der Waals surface area contributed by atoms with E-state index >= 15 is 0 Å². The molecule has 0 amide bonds. The standard InChI is InChI=1S/C8H18ClN/c1-3-5-8(2)10-7-4-6-9/h8,10H,3-7H2,1-2H3. The average Bonchev–Trinajstić information content (AvgIpc) is 1.89. The van der Waals surface area contributed by atoms with Gasteiger partial charge in [0.1, 0.15) is 0 Å². The zero-order valence-corrected chi connectivity index (χ0v) is 7.75. The van der Waals surface area contributed by atoms with Crippen molar-refractivity contribution in [3.8, 4) is 0 Å². The molecule has 1 unspecified atom stereocenters. The summed E-state index contributed by atoms with van der Waals surface area (Å²) in [6.45, 7) is 5.49. The molecule has 2 heteroatoms. The third-order valence-corrected chi connectivity index (χ3v) is 1.79. The fraction of sp³-hybridized carbons (Fsp3) is 1.00. The van der Waals surface area contributed by atoms with E-state index in [1.807, 2.05) is 0 Å². The normalized spacial score (nSPS) is 13.5. The van der Waals surface area contributed by atoms with Crippen LogP contribution in [0.2, 0.25) is 0 Å². The molecule has 0 aliphatic rings. The van der Waals surface area contributed by atoms with Crippen molar-refractivity contribution in [3.05, 3.63) is 0 Å². The second-order valence-corrected chi connectivity index (χ2v) is 3.06. The van der Waals surface area contributed by atoms with Crippen LogP contribution in [0.5, 0.6) is 0 Å². The number of hydrogen-bond acceptors (Lipinski definition) is 1. The Morgan fingerprint density at radius 2 is 2.20 bits per heavy atom. The molecule has 0 fully saturated rings. The van der Waals surface area contributed by atoms with Crippen molar-refractivity contribution in [2.24, 2.45) is 0 Å². The van der Waals surface area contributed by atoms with Crippen molar-refractivity contribution in [1.82, 2.24) is 5.32 Å². The molecular weight excluding hydrogens is 146 g/mol. The number of hydrogen-bond donors (Lipinski definition) is 1. The Morgan fingerprint density at radius 1 is 1.50 bits per heavy atom. The van der Waals surface area contributed by atoms with Gasteiger partial charge in [0, 0.05) is 11.9 Å². The predicted molar refractivity (Wildman–Crippen MR) is 47.7 cm³/mol. The van der Waals surface area contributed by atoms with Crippen LogP contribution in [0.25, 0.3) is 0 Å². The van der Waals surface area contributed by atoms with Gasteiger partial charge >= 0.3 is 0 Å². The number of rotatable bonds is 6. The van der Waals surface area contributed by atoms with Crippen molar-refractivity contribution in [2.75, 3.05) is 12.4 Å². The monoisotopic (exact) mass is 163 g/mol. The first-order valence-corrected chi connectivity index (χ1v) is 4.64. The smallest absolute Gasteiger partial charge is 0.0235 e. The zero-order valence-electron chi connectivity index (χ0n) is 6.99. The molecule has 0 rings (SSSR count). The van der Waals surface area contributed by atoms with Gasteiger partial charge in [-0.15, -0.1) is 11.6 Å². The van der Waals surface area contributed by atoms with Gasteiger partial charge in [0.2, 0.25) is 0 Å². The highest BCUT2D eigenvalue weighted by atomic mass is 35.5. The van der Waals surface area contributed by atoms with Gasteiger partial charge in [-0.2, -0.15) is 0 Å². The minimum Gasteiger partial charge on any atom is -0.314 e. The van der Waals surface area contributed by atoms with Crippen LogP contribution in [-0.2, 0) is 0 Å². The Hall–Kier alpha value is 0.250. The SMILES string of the molecule is CCCC(C)NCCCCl. The lowest BCUT2D eigenvalue weighted by Crippen LogP contribution is -2.26. The molecule has 0 saturated carbocycles. The predicted octanol–water partition coefficient (Wildman–Crippen LogP) is 2.39. The molecule has 0 aromatic rings. The van der Waals surface area contributed by atoms with Gasteiger partial charge in [-0.05, 0) is 26.3 Å². The molecule has 0 aromatic carbocycles. The van der Waals surface area contributed by atoms with E-state index < -0.39 is 0 Å². The Labute approximate surface area is 69.1 Å². The maximum Gasteiger partial charge on any atom is 0.0235 e. The highest BCUT2D eigenvalue weighted by Gasteiger charge is 1.96. The molecule has 0 saturated heterocycles. The number of halogens is 1. The first-order chi connectivity index (χ1) is 4.81. The van der Waals surface area contributed by atoms with Gasteiger partial charge in [0.15, 0.2) is 0 Å². The molecule has 1 nitrogen and oxygen atoms in total. The van der Waals surface area contributed by atoms with Gasteiger partial charge in [-0.3, -0.25) is 0 Å². The van der Waals surface area contributed by atoms with E-state index in [1.54, 1.807) is 0 Å². The van der Waals surface area contributed by atoms with Crippen molar-refractivity contribution in [1.29, 1.82) is 0 Å². The third-order valence-electron chi connectivity index (χ3n) is 1.52. The summed E-state index contributed by atoms with van der Waals surface area (Å²) in [6, 6.07) is 0.660. The Bertz CT molecular complexity index is 66.3. The third kappa shape index (κ3) is 6.37. The molecule has 10 heavy (non-hydrogen) atoms. The molecule has 0 aromatic heterocycles. The summed E-state index contributed by atoms with van der Waals surface area (Å²) in [4.78, 5) is 0. The lowest BCUT2D eigenvalue weighted by atomic mass is 10.2. The molecule has 0 aliphatic heterocycles. The summed E-state index contributed by atoms with van der Waals surface area (Å²) in [6.07, 6.45) is 3.60. The van der Waals surface area contributed by atoms with E-state index in [4.69, 9.17) is 11.6 Å². The molecular formula is C8H18ClN. The van der Waals surface area contributed by atoms with Crippen molar-refractivity contribution in [3.63, 3.8) is 0 Å². The Balaban J connectivity index is 2.97. The van der Waals surface area contributed by atoms with Crippen molar-refractivity contribution >= 4 is 11.6 Å². The minimum atomic E-state index is 0.660. The van der Waals surface area contributed by atoms with E-state index in [-0.39, 0.29) is 0 Å². The lowest BCUT2D eigenvalue weighted by Gasteiger charge is -2.10. The van der Waals surface area contributed by atoms with Crippen molar-refractivity contribution < 1.29 is 0 Å². The second kappa shape index (κ2) is 7.36. The molecule has 0 aliphatic carbocycles. The Kier molecular flexibility index (Phi) is 7.54. The van der Waals surface area contributed by atoms with Crippen LogP contribution in [-0.4, -0.2) is 18.5 Å². The fourth-order valence-electron chi connectivity index (χ4n) is 0.950. The number of alkyl halides is 1.